The van der Waals surface area contributed by atoms with Crippen LogP contribution in [-0.4, -0.2) is 10.5 Å². The highest BCUT2D eigenvalue weighted by molar-refractivity contribution is 5.78. The van der Waals surface area contributed by atoms with Crippen molar-refractivity contribution in [3.05, 3.63) is 21.3 Å². The molecular formula is C10H12N2O3. The fourth-order valence-corrected chi connectivity index (χ4v) is 1.69. The van der Waals surface area contributed by atoms with Gasteiger partial charge in [-0.1, -0.05) is 6.92 Å². The molecule has 2 N–H and O–H groups in total. The topological polar surface area (TPSA) is 78.2 Å². The standard InChI is InChI=1S/C10H12N2O3/c1-2-8(13)12-9-6(11)4-3-5-7(9)15-10(12)14/h5H,2-4,11H2,1H3. The fraction of sp³-hybridized carbons (Fsp3) is 0.400. The highest BCUT2D eigenvalue weighted by atomic mass is 16.4. The number of nitrogens with two attached hydrogens (primary N) is 1. The van der Waals surface area contributed by atoms with Gasteiger partial charge in [0.2, 0.25) is 5.91 Å². The summed E-state index contributed by atoms with van der Waals surface area (Å²) >= 11 is 0. The summed E-state index contributed by atoms with van der Waals surface area (Å²) in [4.78, 5) is 23.0. The Balaban J connectivity index is 2.89. The lowest BCUT2D eigenvalue weighted by Gasteiger charge is -2.03. The molecule has 15 heavy (non-hydrogen) atoms. The van der Waals surface area contributed by atoms with Crippen LogP contribution in [0.25, 0.3) is 11.8 Å². The lowest BCUT2D eigenvalue weighted by atomic mass is 10.1. The van der Waals surface area contributed by atoms with Gasteiger partial charge in [-0.2, -0.15) is 0 Å². The summed E-state index contributed by atoms with van der Waals surface area (Å²) in [5.74, 6) is -0.934. The Morgan fingerprint density at radius 3 is 3.07 bits per heavy atom. The molecule has 0 atom stereocenters. The molecule has 0 aliphatic heterocycles. The van der Waals surface area contributed by atoms with Crippen molar-refractivity contribution in [3.63, 3.8) is 0 Å². The van der Waals surface area contributed by atoms with Crippen molar-refractivity contribution in [1.29, 1.82) is 0 Å². The second kappa shape index (κ2) is 3.42. The van der Waals surface area contributed by atoms with Crippen molar-refractivity contribution in [3.8, 4) is 0 Å². The monoisotopic (exact) mass is 208 g/mol. The molecule has 0 amide bonds. The van der Waals surface area contributed by atoms with Crippen molar-refractivity contribution in [2.45, 2.75) is 26.2 Å². The first-order chi connectivity index (χ1) is 7.15. The zero-order valence-corrected chi connectivity index (χ0v) is 8.45. The lowest BCUT2D eigenvalue weighted by molar-refractivity contribution is 0.0897. The van der Waals surface area contributed by atoms with Gasteiger partial charge in [0.1, 0.15) is 5.35 Å². The van der Waals surface area contributed by atoms with E-state index in [2.05, 4.69) is 0 Å². The van der Waals surface area contributed by atoms with Gasteiger partial charge in [0.15, 0.2) is 5.42 Å². The Kier molecular flexibility index (Phi) is 2.22. The van der Waals surface area contributed by atoms with Gasteiger partial charge in [0.25, 0.3) is 0 Å². The highest BCUT2D eigenvalue weighted by Crippen LogP contribution is 2.00. The Hall–Kier alpha value is -1.78. The van der Waals surface area contributed by atoms with Crippen molar-refractivity contribution in [1.82, 2.24) is 4.57 Å². The average Bonchev–Trinajstić information content (AvgIpc) is 2.55. The summed E-state index contributed by atoms with van der Waals surface area (Å²) in [6.07, 6.45) is 3.43. The van der Waals surface area contributed by atoms with E-state index in [1.165, 1.54) is 0 Å². The molecule has 80 valence electrons. The van der Waals surface area contributed by atoms with Crippen LogP contribution in [0.15, 0.2) is 9.21 Å². The second-order valence-corrected chi connectivity index (χ2v) is 3.43. The minimum Gasteiger partial charge on any atom is -0.408 e. The van der Waals surface area contributed by atoms with Crippen LogP contribution in [0.3, 0.4) is 0 Å². The predicted octanol–water partition coefficient (Wildman–Crippen LogP) is -0.867. The number of hydrogen-bond acceptors (Lipinski definition) is 4. The van der Waals surface area contributed by atoms with Crippen LogP contribution in [0.2, 0.25) is 0 Å². The van der Waals surface area contributed by atoms with E-state index in [0.29, 0.717) is 22.9 Å². The number of nitrogens with zero attached hydrogens (tertiary/aromatic N) is 1. The number of hydrogen-bond donors (Lipinski definition) is 1. The molecular weight excluding hydrogens is 196 g/mol. The SMILES string of the molecule is CCC(=O)n1c(=O)oc2c1=C(N)CCC=2. The molecule has 0 unspecified atom stereocenters. The van der Waals surface area contributed by atoms with E-state index in [1.54, 1.807) is 13.0 Å². The number of carbonyl (C=O) groups is 1. The molecule has 0 fully saturated rings. The Morgan fingerprint density at radius 1 is 1.67 bits per heavy atom. The van der Waals surface area contributed by atoms with Crippen LogP contribution >= 0.6 is 0 Å². The number of fused-ring (bicyclic) bond motifs is 1. The van der Waals surface area contributed by atoms with Gasteiger partial charge in [0.05, 0.1) is 0 Å². The molecule has 1 aliphatic rings. The van der Waals surface area contributed by atoms with E-state index in [-0.39, 0.29) is 12.3 Å². The molecule has 1 aromatic heterocycles. The summed E-state index contributed by atoms with van der Waals surface area (Å²) in [5.41, 5.74) is 6.74. The molecule has 0 saturated heterocycles. The Bertz CT molecular complexity index is 577. The maximum atomic E-state index is 11.5. The molecule has 0 radical (unpaired) electrons. The van der Waals surface area contributed by atoms with Crippen LogP contribution in [0, 0.1) is 0 Å². The van der Waals surface area contributed by atoms with E-state index in [1.807, 2.05) is 0 Å². The zero-order chi connectivity index (χ0) is 11.0. The third-order valence-electron chi connectivity index (χ3n) is 2.44. The van der Waals surface area contributed by atoms with Crippen molar-refractivity contribution in [2.75, 3.05) is 0 Å². The molecule has 5 nitrogen and oxygen atoms in total. The maximum absolute atomic E-state index is 11.5. The van der Waals surface area contributed by atoms with Crippen LogP contribution < -0.4 is 22.3 Å². The predicted molar refractivity (Wildman–Crippen MR) is 54.4 cm³/mol. The first-order valence-corrected chi connectivity index (χ1v) is 4.89. The van der Waals surface area contributed by atoms with E-state index >= 15 is 0 Å². The summed E-state index contributed by atoms with van der Waals surface area (Å²) < 4.78 is 5.99. The minimum atomic E-state index is -0.645. The molecule has 0 aromatic carbocycles. The molecule has 1 heterocycles. The summed E-state index contributed by atoms with van der Waals surface area (Å²) in [5, 5.41) is 0.443. The van der Waals surface area contributed by atoms with Crippen LogP contribution in [0.5, 0.6) is 0 Å². The van der Waals surface area contributed by atoms with Crippen molar-refractivity contribution < 1.29 is 9.21 Å². The first kappa shape index (κ1) is 9.76. The quantitative estimate of drug-likeness (QED) is 0.651. The van der Waals surface area contributed by atoms with Gasteiger partial charge in [-0.05, 0) is 18.9 Å². The maximum Gasteiger partial charge on any atom is 0.426 e. The van der Waals surface area contributed by atoms with Gasteiger partial charge in [-0.25, -0.2) is 9.36 Å². The van der Waals surface area contributed by atoms with E-state index in [9.17, 15) is 9.59 Å². The number of carbonyl (C=O) groups excluding carboxylic acids is 1. The fourth-order valence-electron chi connectivity index (χ4n) is 1.69. The summed E-state index contributed by atoms with van der Waals surface area (Å²) in [7, 11) is 0. The van der Waals surface area contributed by atoms with Crippen LogP contribution in [0.1, 0.15) is 31.0 Å². The highest BCUT2D eigenvalue weighted by Gasteiger charge is 2.15. The smallest absolute Gasteiger partial charge is 0.408 e. The van der Waals surface area contributed by atoms with Gasteiger partial charge in [-0.3, -0.25) is 4.79 Å². The summed E-state index contributed by atoms with van der Waals surface area (Å²) in [6, 6.07) is 0. The molecule has 0 saturated carbocycles. The van der Waals surface area contributed by atoms with E-state index < -0.39 is 5.76 Å². The van der Waals surface area contributed by atoms with Crippen LogP contribution in [-0.2, 0) is 0 Å². The normalized spacial score (nSPS) is 14.6. The Labute approximate surface area is 85.5 Å². The molecule has 1 aliphatic carbocycles. The molecule has 0 spiro atoms. The van der Waals surface area contributed by atoms with Crippen molar-refractivity contribution in [2.24, 2.45) is 5.73 Å². The molecule has 0 bridgehead atoms. The average molecular weight is 208 g/mol. The lowest BCUT2D eigenvalue weighted by Crippen LogP contribution is -2.41. The van der Waals surface area contributed by atoms with Crippen molar-refractivity contribution >= 4 is 17.7 Å². The van der Waals surface area contributed by atoms with E-state index in [0.717, 1.165) is 11.0 Å². The second-order valence-electron chi connectivity index (χ2n) is 3.43. The molecule has 5 heteroatoms. The third-order valence-corrected chi connectivity index (χ3v) is 2.44. The van der Waals surface area contributed by atoms with Gasteiger partial charge >= 0.3 is 5.76 Å². The first-order valence-electron chi connectivity index (χ1n) is 4.89. The Morgan fingerprint density at radius 2 is 2.40 bits per heavy atom. The largest absolute Gasteiger partial charge is 0.426 e. The summed E-state index contributed by atoms with van der Waals surface area (Å²) in [6.45, 7) is 1.69. The minimum absolute atomic E-state index is 0.249. The molecule has 1 aromatic rings. The number of oxazole rings is 1. The van der Waals surface area contributed by atoms with E-state index in [4.69, 9.17) is 10.2 Å². The van der Waals surface area contributed by atoms with Crippen LogP contribution in [0.4, 0.5) is 0 Å². The number of rotatable bonds is 1. The zero-order valence-electron chi connectivity index (χ0n) is 8.45. The van der Waals surface area contributed by atoms with Gasteiger partial charge in [0, 0.05) is 12.1 Å². The van der Waals surface area contributed by atoms with Gasteiger partial charge < -0.3 is 10.2 Å². The van der Waals surface area contributed by atoms with Gasteiger partial charge in [-0.15, -0.1) is 0 Å². The number of aromatic nitrogens is 1. The third kappa shape index (κ3) is 1.40. The molecule has 2 rings (SSSR count).